The second kappa shape index (κ2) is 5.85. The van der Waals surface area contributed by atoms with Crippen LogP contribution in [0.4, 0.5) is 0 Å². The largest absolute Gasteiger partial charge is 0.454 e. The molecule has 0 atom stereocenters. The topological polar surface area (TPSA) is 45.9 Å². The highest BCUT2D eigenvalue weighted by atomic mass is 35.5. The Morgan fingerprint density at radius 1 is 1.00 bits per heavy atom. The van der Waals surface area contributed by atoms with Gasteiger partial charge in [0.1, 0.15) is 23.1 Å². The first-order valence-corrected chi connectivity index (χ1v) is 6.41. The minimum Gasteiger partial charge on any atom is -0.454 e. The Labute approximate surface area is 129 Å². The Morgan fingerprint density at radius 2 is 1.68 bits per heavy atom. The van der Waals surface area contributed by atoms with Gasteiger partial charge in [-0.05, 0) is 6.07 Å². The first-order chi connectivity index (χ1) is 9.02. The highest BCUT2D eigenvalue weighted by molar-refractivity contribution is 6.43. The number of aromatic nitrogens is 1. The van der Waals surface area contributed by atoms with Crippen molar-refractivity contribution in [3.05, 3.63) is 50.2 Å². The van der Waals surface area contributed by atoms with Gasteiger partial charge in [0, 0.05) is 18.3 Å². The van der Waals surface area contributed by atoms with Gasteiger partial charge in [0.15, 0.2) is 5.15 Å². The van der Waals surface area contributed by atoms with E-state index in [1.54, 1.807) is 0 Å². The van der Waals surface area contributed by atoms with Crippen LogP contribution < -0.4 is 4.74 Å². The van der Waals surface area contributed by atoms with Crippen molar-refractivity contribution in [2.45, 2.75) is 0 Å². The number of pyridine rings is 1. The Balaban J connectivity index is 2.45. The molecule has 19 heavy (non-hydrogen) atoms. The van der Waals surface area contributed by atoms with Crippen molar-refractivity contribution in [3.8, 4) is 17.6 Å². The summed E-state index contributed by atoms with van der Waals surface area (Å²) in [5, 5.41) is 9.94. The van der Waals surface area contributed by atoms with Crippen LogP contribution in [0.25, 0.3) is 0 Å². The number of hydrogen-bond donors (Lipinski definition) is 0. The molecule has 7 heteroatoms. The summed E-state index contributed by atoms with van der Waals surface area (Å²) in [4.78, 5) is 3.79. The maximum Gasteiger partial charge on any atom is 0.150 e. The summed E-state index contributed by atoms with van der Waals surface area (Å²) < 4.78 is 5.53. The lowest BCUT2D eigenvalue weighted by Gasteiger charge is -2.10. The van der Waals surface area contributed by atoms with E-state index in [0.717, 1.165) is 0 Å². The predicted octanol–water partition coefficient (Wildman–Crippen LogP) is 5.36. The van der Waals surface area contributed by atoms with E-state index in [2.05, 4.69) is 4.98 Å². The quantitative estimate of drug-likeness (QED) is 0.549. The van der Waals surface area contributed by atoms with Crippen LogP contribution in [0.15, 0.2) is 24.4 Å². The molecule has 0 radical (unpaired) electrons. The van der Waals surface area contributed by atoms with Crippen molar-refractivity contribution in [1.29, 1.82) is 5.26 Å². The van der Waals surface area contributed by atoms with Gasteiger partial charge in [0.05, 0.1) is 15.1 Å². The predicted molar refractivity (Wildman–Crippen MR) is 75.5 cm³/mol. The average molecular weight is 334 g/mol. The summed E-state index contributed by atoms with van der Waals surface area (Å²) in [7, 11) is 0. The fraction of sp³-hybridized carbons (Fsp3) is 0. The minimum absolute atomic E-state index is 0.0520. The van der Waals surface area contributed by atoms with Crippen molar-refractivity contribution in [2.24, 2.45) is 0 Å². The smallest absolute Gasteiger partial charge is 0.150 e. The molecule has 0 N–H and O–H groups in total. The SMILES string of the molecule is N#Cc1c(Oc2cc(Cl)c(Cl)cc2Cl)ccnc1Cl. The van der Waals surface area contributed by atoms with E-state index in [9.17, 15) is 0 Å². The zero-order chi connectivity index (χ0) is 14.0. The average Bonchev–Trinajstić information content (AvgIpc) is 2.36. The first kappa shape index (κ1) is 14.2. The van der Waals surface area contributed by atoms with Crippen LogP contribution >= 0.6 is 46.4 Å². The molecule has 0 unspecified atom stereocenters. The minimum atomic E-state index is 0.0520. The van der Waals surface area contributed by atoms with Crippen LogP contribution in [0.2, 0.25) is 20.2 Å². The van der Waals surface area contributed by atoms with Crippen LogP contribution in [0, 0.1) is 11.3 Å². The zero-order valence-corrected chi connectivity index (χ0v) is 12.1. The molecule has 1 aromatic heterocycles. The summed E-state index contributed by atoms with van der Waals surface area (Å²) in [5.41, 5.74) is 0.117. The molecule has 0 aliphatic rings. The van der Waals surface area contributed by atoms with Gasteiger partial charge >= 0.3 is 0 Å². The summed E-state index contributed by atoms with van der Waals surface area (Å²) in [6.07, 6.45) is 1.42. The summed E-state index contributed by atoms with van der Waals surface area (Å²) in [5.74, 6) is 0.512. The maximum atomic E-state index is 9.01. The summed E-state index contributed by atoms with van der Waals surface area (Å²) >= 11 is 23.5. The summed E-state index contributed by atoms with van der Waals surface area (Å²) in [6, 6.07) is 6.33. The Bertz CT molecular complexity index is 682. The number of benzene rings is 1. The van der Waals surface area contributed by atoms with Crippen molar-refractivity contribution < 1.29 is 4.74 Å². The molecule has 0 saturated heterocycles. The standard InChI is InChI=1S/C12H4Cl4N2O/c13-7-3-9(15)11(4-8(7)14)19-10-1-2-18-12(16)6(10)5-17/h1-4H. The maximum absolute atomic E-state index is 9.01. The fourth-order valence-corrected chi connectivity index (χ4v) is 2.07. The van der Waals surface area contributed by atoms with Gasteiger partial charge in [0.25, 0.3) is 0 Å². The van der Waals surface area contributed by atoms with Gasteiger partial charge in [-0.3, -0.25) is 0 Å². The van der Waals surface area contributed by atoms with E-state index in [0.29, 0.717) is 10.0 Å². The monoisotopic (exact) mass is 332 g/mol. The number of ether oxygens (including phenoxy) is 1. The fourth-order valence-electron chi connectivity index (χ4n) is 1.31. The van der Waals surface area contributed by atoms with Crippen molar-refractivity contribution >= 4 is 46.4 Å². The third kappa shape index (κ3) is 3.05. The van der Waals surface area contributed by atoms with Gasteiger partial charge < -0.3 is 4.74 Å². The Morgan fingerprint density at radius 3 is 2.37 bits per heavy atom. The normalized spacial score (nSPS) is 10.1. The molecule has 0 amide bonds. The molecule has 0 saturated carbocycles. The van der Waals surface area contributed by atoms with Crippen molar-refractivity contribution in [2.75, 3.05) is 0 Å². The Kier molecular flexibility index (Phi) is 4.38. The van der Waals surface area contributed by atoms with E-state index in [-0.39, 0.29) is 27.2 Å². The third-order valence-electron chi connectivity index (χ3n) is 2.17. The van der Waals surface area contributed by atoms with Crippen LogP contribution in [0.3, 0.4) is 0 Å². The van der Waals surface area contributed by atoms with E-state index < -0.39 is 0 Å². The zero-order valence-electron chi connectivity index (χ0n) is 9.12. The molecule has 2 rings (SSSR count). The van der Waals surface area contributed by atoms with Crippen LogP contribution in [-0.4, -0.2) is 4.98 Å². The van der Waals surface area contributed by atoms with Gasteiger partial charge in [0.2, 0.25) is 0 Å². The number of nitrogens with zero attached hydrogens (tertiary/aromatic N) is 2. The molecule has 0 aliphatic heterocycles. The molecule has 0 spiro atoms. The van der Waals surface area contributed by atoms with Gasteiger partial charge in [-0.1, -0.05) is 46.4 Å². The lowest BCUT2D eigenvalue weighted by molar-refractivity contribution is 0.480. The molecular weight excluding hydrogens is 330 g/mol. The summed E-state index contributed by atoms with van der Waals surface area (Å²) in [6.45, 7) is 0. The number of nitriles is 1. The lowest BCUT2D eigenvalue weighted by atomic mass is 10.3. The molecule has 2 aromatic rings. The molecule has 96 valence electrons. The molecule has 0 fully saturated rings. The van der Waals surface area contributed by atoms with Gasteiger partial charge in [-0.2, -0.15) is 5.26 Å². The molecular formula is C12H4Cl4N2O. The van der Waals surface area contributed by atoms with Crippen LogP contribution in [0.5, 0.6) is 11.5 Å². The molecule has 1 heterocycles. The molecule has 0 bridgehead atoms. The first-order valence-electron chi connectivity index (χ1n) is 4.90. The molecule has 0 aliphatic carbocycles. The lowest BCUT2D eigenvalue weighted by Crippen LogP contribution is -1.92. The van der Waals surface area contributed by atoms with Crippen LogP contribution in [0.1, 0.15) is 5.56 Å². The second-order valence-corrected chi connectivity index (χ2v) is 4.97. The molecule has 1 aromatic carbocycles. The highest BCUT2D eigenvalue weighted by Gasteiger charge is 2.13. The van der Waals surface area contributed by atoms with Crippen molar-refractivity contribution in [1.82, 2.24) is 4.98 Å². The number of hydrogen-bond acceptors (Lipinski definition) is 3. The number of rotatable bonds is 2. The van der Waals surface area contributed by atoms with Crippen LogP contribution in [-0.2, 0) is 0 Å². The van der Waals surface area contributed by atoms with E-state index in [1.165, 1.54) is 24.4 Å². The van der Waals surface area contributed by atoms with E-state index in [4.69, 9.17) is 56.4 Å². The Hall–Kier alpha value is -1.18. The number of halogens is 4. The molecule has 3 nitrogen and oxygen atoms in total. The van der Waals surface area contributed by atoms with E-state index in [1.807, 2.05) is 6.07 Å². The van der Waals surface area contributed by atoms with E-state index >= 15 is 0 Å². The van der Waals surface area contributed by atoms with Crippen molar-refractivity contribution in [3.63, 3.8) is 0 Å². The second-order valence-electron chi connectivity index (χ2n) is 3.39. The van der Waals surface area contributed by atoms with Gasteiger partial charge in [-0.15, -0.1) is 0 Å². The highest BCUT2D eigenvalue weighted by Crippen LogP contribution is 2.37. The third-order valence-corrected chi connectivity index (χ3v) is 3.48. The van der Waals surface area contributed by atoms with Gasteiger partial charge in [-0.25, -0.2) is 4.98 Å².